The molecule has 0 radical (unpaired) electrons. The van der Waals surface area contributed by atoms with E-state index in [1.165, 1.54) is 0 Å². The molecule has 2 N–H and O–H groups in total. The van der Waals surface area contributed by atoms with Gasteiger partial charge in [0.05, 0.1) is 0 Å². The van der Waals surface area contributed by atoms with E-state index in [1.807, 2.05) is 6.92 Å². The highest BCUT2D eigenvalue weighted by molar-refractivity contribution is 5.23. The zero-order chi connectivity index (χ0) is 8.77. The second-order valence-electron chi connectivity index (χ2n) is 3.63. The van der Waals surface area contributed by atoms with Gasteiger partial charge in [0, 0.05) is 5.41 Å². The molecule has 1 aromatic heterocycles. The van der Waals surface area contributed by atoms with Crippen molar-refractivity contribution in [3.8, 4) is 0 Å². The van der Waals surface area contributed by atoms with Crippen molar-refractivity contribution < 1.29 is 0 Å². The predicted octanol–water partition coefficient (Wildman–Crippen LogP) is 0.814. The third-order valence-corrected chi connectivity index (χ3v) is 2.30. The van der Waals surface area contributed by atoms with Crippen LogP contribution in [0.3, 0.4) is 0 Å². The number of nitrogens with zero attached hydrogens (tertiary/aromatic N) is 3. The van der Waals surface area contributed by atoms with Gasteiger partial charge < -0.3 is 5.73 Å². The first-order chi connectivity index (χ1) is 5.60. The topological polar surface area (TPSA) is 64.7 Å². The van der Waals surface area contributed by atoms with Gasteiger partial charge >= 0.3 is 0 Å². The molecule has 1 fully saturated rings. The minimum Gasteiger partial charge on any atom is -0.368 e. The standard InChI is InChI=1S/C8H12N4/c1-5-10-6(8(2)3-4-8)12-7(9)11-5/h3-4H2,1-2H3,(H2,9,10,11,12). The van der Waals surface area contributed by atoms with Crippen molar-refractivity contribution in [2.45, 2.75) is 32.1 Å². The van der Waals surface area contributed by atoms with E-state index in [0.29, 0.717) is 11.8 Å². The van der Waals surface area contributed by atoms with Gasteiger partial charge in [-0.2, -0.15) is 9.97 Å². The van der Waals surface area contributed by atoms with Gasteiger partial charge in [-0.25, -0.2) is 4.98 Å². The fourth-order valence-corrected chi connectivity index (χ4v) is 1.18. The molecule has 0 bridgehead atoms. The minimum atomic E-state index is 0.182. The number of hydrogen-bond donors (Lipinski definition) is 1. The van der Waals surface area contributed by atoms with Gasteiger partial charge in [-0.15, -0.1) is 0 Å². The zero-order valence-corrected chi connectivity index (χ0v) is 7.33. The molecule has 1 aromatic rings. The van der Waals surface area contributed by atoms with Crippen LogP contribution in [0.5, 0.6) is 0 Å². The van der Waals surface area contributed by atoms with Crippen LogP contribution >= 0.6 is 0 Å². The maximum atomic E-state index is 5.52. The summed E-state index contributed by atoms with van der Waals surface area (Å²) in [6.45, 7) is 3.99. The van der Waals surface area contributed by atoms with Gasteiger partial charge in [0.15, 0.2) is 0 Å². The Morgan fingerprint density at radius 2 is 1.92 bits per heavy atom. The highest BCUT2D eigenvalue weighted by Crippen LogP contribution is 2.45. The number of rotatable bonds is 1. The normalized spacial score (nSPS) is 19.2. The molecule has 0 amide bonds. The van der Waals surface area contributed by atoms with E-state index >= 15 is 0 Å². The van der Waals surface area contributed by atoms with Crippen LogP contribution in [0.2, 0.25) is 0 Å². The number of hydrogen-bond acceptors (Lipinski definition) is 4. The summed E-state index contributed by atoms with van der Waals surface area (Å²) in [7, 11) is 0. The predicted molar refractivity (Wildman–Crippen MR) is 45.6 cm³/mol. The second kappa shape index (κ2) is 2.15. The van der Waals surface area contributed by atoms with Crippen LogP contribution in [0.15, 0.2) is 0 Å². The van der Waals surface area contributed by atoms with E-state index in [9.17, 15) is 0 Å². The number of anilines is 1. The van der Waals surface area contributed by atoms with Crippen molar-refractivity contribution in [3.05, 3.63) is 11.6 Å². The van der Waals surface area contributed by atoms with Gasteiger partial charge in [-0.1, -0.05) is 6.92 Å². The molecule has 1 saturated carbocycles. The summed E-state index contributed by atoms with van der Waals surface area (Å²) < 4.78 is 0. The van der Waals surface area contributed by atoms with E-state index < -0.39 is 0 Å². The fraction of sp³-hybridized carbons (Fsp3) is 0.625. The quantitative estimate of drug-likeness (QED) is 0.667. The van der Waals surface area contributed by atoms with Gasteiger partial charge in [0.2, 0.25) is 5.95 Å². The molecule has 0 aliphatic heterocycles. The molecule has 0 saturated heterocycles. The lowest BCUT2D eigenvalue weighted by Crippen LogP contribution is -2.11. The average molecular weight is 164 g/mol. The second-order valence-corrected chi connectivity index (χ2v) is 3.63. The molecule has 12 heavy (non-hydrogen) atoms. The van der Waals surface area contributed by atoms with Crippen molar-refractivity contribution >= 4 is 5.95 Å². The maximum Gasteiger partial charge on any atom is 0.223 e. The molecular weight excluding hydrogens is 152 g/mol. The Morgan fingerprint density at radius 1 is 1.25 bits per heavy atom. The van der Waals surface area contributed by atoms with Crippen LogP contribution < -0.4 is 5.73 Å². The molecule has 0 aromatic carbocycles. The largest absolute Gasteiger partial charge is 0.368 e. The molecule has 64 valence electrons. The highest BCUT2D eigenvalue weighted by atomic mass is 15.1. The summed E-state index contributed by atoms with van der Waals surface area (Å²) in [5.74, 6) is 1.91. The molecule has 1 heterocycles. The number of nitrogens with two attached hydrogens (primary N) is 1. The van der Waals surface area contributed by atoms with Gasteiger partial charge in [-0.3, -0.25) is 0 Å². The minimum absolute atomic E-state index is 0.182. The first-order valence-electron chi connectivity index (χ1n) is 4.09. The van der Waals surface area contributed by atoms with Crippen molar-refractivity contribution in [2.75, 3.05) is 5.73 Å². The van der Waals surface area contributed by atoms with Crippen LogP contribution in [0.4, 0.5) is 5.95 Å². The van der Waals surface area contributed by atoms with Crippen LogP contribution in [0.1, 0.15) is 31.4 Å². The van der Waals surface area contributed by atoms with E-state index in [4.69, 9.17) is 5.73 Å². The Morgan fingerprint density at radius 3 is 2.42 bits per heavy atom. The highest BCUT2D eigenvalue weighted by Gasteiger charge is 2.42. The molecule has 0 atom stereocenters. The summed E-state index contributed by atoms with van der Waals surface area (Å²) in [5.41, 5.74) is 5.70. The number of aromatic nitrogens is 3. The molecule has 1 aliphatic rings. The zero-order valence-electron chi connectivity index (χ0n) is 7.33. The van der Waals surface area contributed by atoms with Crippen molar-refractivity contribution in [1.82, 2.24) is 15.0 Å². The van der Waals surface area contributed by atoms with Gasteiger partial charge in [0.25, 0.3) is 0 Å². The van der Waals surface area contributed by atoms with E-state index in [2.05, 4.69) is 21.9 Å². The molecule has 4 nitrogen and oxygen atoms in total. The van der Waals surface area contributed by atoms with Crippen molar-refractivity contribution in [2.24, 2.45) is 0 Å². The monoisotopic (exact) mass is 164 g/mol. The fourth-order valence-electron chi connectivity index (χ4n) is 1.18. The Hall–Kier alpha value is -1.19. The summed E-state index contributed by atoms with van der Waals surface area (Å²) in [4.78, 5) is 12.3. The molecule has 1 aliphatic carbocycles. The molecule has 2 rings (SSSR count). The molecule has 4 heteroatoms. The summed E-state index contributed by atoms with van der Waals surface area (Å²) in [6, 6.07) is 0. The summed E-state index contributed by atoms with van der Waals surface area (Å²) >= 11 is 0. The summed E-state index contributed by atoms with van der Waals surface area (Å²) in [6.07, 6.45) is 2.33. The average Bonchev–Trinajstić information content (AvgIpc) is 2.67. The first kappa shape index (κ1) is 7.46. The maximum absolute atomic E-state index is 5.52. The van der Waals surface area contributed by atoms with Gasteiger partial charge in [0.1, 0.15) is 11.6 Å². The lowest BCUT2D eigenvalue weighted by atomic mass is 10.1. The van der Waals surface area contributed by atoms with Crippen LogP contribution in [0.25, 0.3) is 0 Å². The summed E-state index contributed by atoms with van der Waals surface area (Å²) in [5, 5.41) is 0. The SMILES string of the molecule is Cc1nc(N)nc(C2(C)CC2)n1. The van der Waals surface area contributed by atoms with E-state index in [0.717, 1.165) is 18.7 Å². The molecule has 0 unspecified atom stereocenters. The van der Waals surface area contributed by atoms with Crippen LogP contribution in [-0.2, 0) is 5.41 Å². The Labute approximate surface area is 71.2 Å². The first-order valence-corrected chi connectivity index (χ1v) is 4.09. The Balaban J connectivity index is 2.44. The Kier molecular flexibility index (Phi) is 1.34. The third kappa shape index (κ3) is 1.13. The van der Waals surface area contributed by atoms with Crippen LogP contribution in [0, 0.1) is 6.92 Å². The smallest absolute Gasteiger partial charge is 0.223 e. The van der Waals surface area contributed by atoms with E-state index in [1.54, 1.807) is 0 Å². The van der Waals surface area contributed by atoms with E-state index in [-0.39, 0.29) is 5.41 Å². The van der Waals surface area contributed by atoms with Crippen molar-refractivity contribution in [3.63, 3.8) is 0 Å². The van der Waals surface area contributed by atoms with Crippen LogP contribution in [-0.4, -0.2) is 15.0 Å². The lowest BCUT2D eigenvalue weighted by Gasteiger charge is -2.06. The van der Waals surface area contributed by atoms with Gasteiger partial charge in [-0.05, 0) is 19.8 Å². The number of aryl methyl sites for hydroxylation is 1. The molecule has 0 spiro atoms. The third-order valence-electron chi connectivity index (χ3n) is 2.30. The lowest BCUT2D eigenvalue weighted by molar-refractivity contribution is 0.693. The number of nitrogen functional groups attached to an aromatic ring is 1. The van der Waals surface area contributed by atoms with Crippen molar-refractivity contribution in [1.29, 1.82) is 0 Å². The molecular formula is C8H12N4. The Bertz CT molecular complexity index is 297.